The molecule has 0 atom stereocenters. The third-order valence-corrected chi connectivity index (χ3v) is 3.09. The van der Waals surface area contributed by atoms with Gasteiger partial charge in [-0.1, -0.05) is 28.1 Å². The first-order valence-corrected chi connectivity index (χ1v) is 6.40. The molecule has 0 radical (unpaired) electrons. The largest absolute Gasteiger partial charge is 0.457 e. The maximum atomic E-state index is 13.1. The summed E-state index contributed by atoms with van der Waals surface area (Å²) >= 11 is 3.38. The molecule has 2 aromatic rings. The van der Waals surface area contributed by atoms with Crippen molar-refractivity contribution >= 4 is 15.9 Å². The van der Waals surface area contributed by atoms with E-state index in [-0.39, 0.29) is 5.82 Å². The molecule has 88 valence electrons. The number of rotatable bonds is 3. The number of ether oxygens (including phenoxy) is 1. The zero-order valence-corrected chi connectivity index (χ0v) is 11.0. The van der Waals surface area contributed by atoms with Crippen LogP contribution in [0.15, 0.2) is 42.5 Å². The maximum Gasteiger partial charge on any atom is 0.127 e. The summed E-state index contributed by atoms with van der Waals surface area (Å²) in [6.45, 7) is 1.72. The molecule has 0 aliphatic rings. The van der Waals surface area contributed by atoms with Crippen LogP contribution >= 0.6 is 15.9 Å². The quantitative estimate of drug-likeness (QED) is 0.737. The summed E-state index contributed by atoms with van der Waals surface area (Å²) < 4.78 is 18.7. The van der Waals surface area contributed by atoms with E-state index in [2.05, 4.69) is 15.9 Å². The minimum absolute atomic E-state index is 0.216. The van der Waals surface area contributed by atoms with Crippen LogP contribution in [0.1, 0.15) is 11.1 Å². The van der Waals surface area contributed by atoms with Crippen molar-refractivity contribution < 1.29 is 9.13 Å². The molecule has 0 heterocycles. The fourth-order valence-corrected chi connectivity index (χ4v) is 1.84. The van der Waals surface area contributed by atoms with Crippen molar-refractivity contribution in [2.45, 2.75) is 12.3 Å². The molecular formula is C14H12BrFO. The smallest absolute Gasteiger partial charge is 0.127 e. The van der Waals surface area contributed by atoms with Gasteiger partial charge in [0.2, 0.25) is 0 Å². The van der Waals surface area contributed by atoms with Crippen molar-refractivity contribution in [2.75, 3.05) is 0 Å². The highest BCUT2D eigenvalue weighted by atomic mass is 79.9. The van der Waals surface area contributed by atoms with Crippen LogP contribution < -0.4 is 4.74 Å². The molecule has 2 rings (SSSR count). The van der Waals surface area contributed by atoms with Crippen LogP contribution in [0.2, 0.25) is 0 Å². The standard InChI is InChI=1S/C14H12BrFO/c1-10-8-13(6-7-14(10)16)17-12-4-2-11(9-15)3-5-12/h2-8H,9H2,1H3. The average Bonchev–Trinajstić information content (AvgIpc) is 2.35. The van der Waals surface area contributed by atoms with Crippen LogP contribution in [-0.2, 0) is 5.33 Å². The number of halogens is 2. The summed E-state index contributed by atoms with van der Waals surface area (Å²) in [6, 6.07) is 12.5. The highest BCUT2D eigenvalue weighted by Gasteiger charge is 2.01. The Morgan fingerprint density at radius 2 is 1.71 bits per heavy atom. The molecular weight excluding hydrogens is 283 g/mol. The van der Waals surface area contributed by atoms with Crippen molar-refractivity contribution in [2.24, 2.45) is 0 Å². The lowest BCUT2D eigenvalue weighted by Crippen LogP contribution is -1.87. The van der Waals surface area contributed by atoms with Gasteiger partial charge >= 0.3 is 0 Å². The highest BCUT2D eigenvalue weighted by molar-refractivity contribution is 9.08. The molecule has 0 saturated heterocycles. The number of aryl methyl sites for hydroxylation is 1. The first-order valence-electron chi connectivity index (χ1n) is 5.28. The predicted octanol–water partition coefficient (Wildman–Crippen LogP) is 4.82. The van der Waals surface area contributed by atoms with Crippen LogP contribution in [0.25, 0.3) is 0 Å². The van der Waals surface area contributed by atoms with Gasteiger partial charge in [0, 0.05) is 5.33 Å². The summed E-state index contributed by atoms with van der Waals surface area (Å²) in [7, 11) is 0. The van der Waals surface area contributed by atoms with Crippen molar-refractivity contribution in [1.82, 2.24) is 0 Å². The van der Waals surface area contributed by atoms with Crippen molar-refractivity contribution in [1.29, 1.82) is 0 Å². The van der Waals surface area contributed by atoms with Gasteiger partial charge in [0.15, 0.2) is 0 Å². The fourth-order valence-electron chi connectivity index (χ4n) is 1.46. The summed E-state index contributed by atoms with van der Waals surface area (Å²) in [5, 5.41) is 0.822. The van der Waals surface area contributed by atoms with E-state index in [4.69, 9.17) is 4.74 Å². The van der Waals surface area contributed by atoms with Gasteiger partial charge in [-0.25, -0.2) is 4.39 Å². The molecule has 0 aliphatic heterocycles. The Labute approximate surface area is 108 Å². The zero-order valence-electron chi connectivity index (χ0n) is 9.41. The van der Waals surface area contributed by atoms with Gasteiger partial charge < -0.3 is 4.74 Å². The van der Waals surface area contributed by atoms with E-state index in [1.54, 1.807) is 19.1 Å². The third-order valence-electron chi connectivity index (χ3n) is 2.44. The molecule has 0 bridgehead atoms. The van der Waals surface area contributed by atoms with E-state index in [1.807, 2.05) is 24.3 Å². The van der Waals surface area contributed by atoms with Gasteiger partial charge in [0.25, 0.3) is 0 Å². The summed E-state index contributed by atoms with van der Waals surface area (Å²) in [5.41, 5.74) is 1.77. The van der Waals surface area contributed by atoms with Crippen LogP contribution in [0, 0.1) is 12.7 Å². The molecule has 3 heteroatoms. The van der Waals surface area contributed by atoms with Gasteiger partial charge in [-0.2, -0.15) is 0 Å². The van der Waals surface area contributed by atoms with Crippen LogP contribution in [0.4, 0.5) is 4.39 Å². The Balaban J connectivity index is 2.16. The Hall–Kier alpha value is -1.35. The van der Waals surface area contributed by atoms with Gasteiger partial charge in [-0.05, 0) is 48.4 Å². The molecule has 0 amide bonds. The van der Waals surface area contributed by atoms with Gasteiger partial charge in [-0.15, -0.1) is 0 Å². The molecule has 0 fully saturated rings. The molecule has 0 saturated carbocycles. The van der Waals surface area contributed by atoms with Gasteiger partial charge in [-0.3, -0.25) is 0 Å². The van der Waals surface area contributed by atoms with E-state index in [9.17, 15) is 4.39 Å². The number of benzene rings is 2. The Kier molecular flexibility index (Phi) is 3.79. The summed E-state index contributed by atoms with van der Waals surface area (Å²) in [5.74, 6) is 1.18. The Morgan fingerprint density at radius 1 is 1.06 bits per heavy atom. The molecule has 0 N–H and O–H groups in total. The second-order valence-corrected chi connectivity index (χ2v) is 4.35. The van der Waals surface area contributed by atoms with Gasteiger partial charge in [0.1, 0.15) is 17.3 Å². The average molecular weight is 295 g/mol. The molecule has 2 aromatic carbocycles. The topological polar surface area (TPSA) is 9.23 Å². The third kappa shape index (κ3) is 3.07. The number of alkyl halides is 1. The summed E-state index contributed by atoms with van der Waals surface area (Å²) in [4.78, 5) is 0. The normalized spacial score (nSPS) is 10.3. The minimum atomic E-state index is -0.216. The second kappa shape index (κ2) is 5.32. The zero-order chi connectivity index (χ0) is 12.3. The molecule has 1 nitrogen and oxygen atoms in total. The number of hydrogen-bond acceptors (Lipinski definition) is 1. The predicted molar refractivity (Wildman–Crippen MR) is 70.3 cm³/mol. The lowest BCUT2D eigenvalue weighted by molar-refractivity contribution is 0.479. The first-order chi connectivity index (χ1) is 8.19. The van der Waals surface area contributed by atoms with E-state index in [1.165, 1.54) is 11.6 Å². The Bertz CT molecular complexity index is 508. The van der Waals surface area contributed by atoms with Crippen LogP contribution in [0.3, 0.4) is 0 Å². The minimum Gasteiger partial charge on any atom is -0.457 e. The molecule has 17 heavy (non-hydrogen) atoms. The molecule has 0 aromatic heterocycles. The second-order valence-electron chi connectivity index (χ2n) is 3.79. The van der Waals surface area contributed by atoms with Crippen molar-refractivity contribution in [3.05, 3.63) is 59.4 Å². The van der Waals surface area contributed by atoms with Crippen molar-refractivity contribution in [3.8, 4) is 11.5 Å². The van der Waals surface area contributed by atoms with E-state index < -0.39 is 0 Å². The van der Waals surface area contributed by atoms with Crippen LogP contribution in [0.5, 0.6) is 11.5 Å². The monoisotopic (exact) mass is 294 g/mol. The Morgan fingerprint density at radius 3 is 2.29 bits per heavy atom. The SMILES string of the molecule is Cc1cc(Oc2ccc(CBr)cc2)ccc1F. The van der Waals surface area contributed by atoms with E-state index in [0.717, 1.165) is 11.1 Å². The van der Waals surface area contributed by atoms with Crippen molar-refractivity contribution in [3.63, 3.8) is 0 Å². The van der Waals surface area contributed by atoms with Gasteiger partial charge in [0.05, 0.1) is 0 Å². The maximum absolute atomic E-state index is 13.1. The van der Waals surface area contributed by atoms with E-state index in [0.29, 0.717) is 11.3 Å². The van der Waals surface area contributed by atoms with Crippen LogP contribution in [-0.4, -0.2) is 0 Å². The highest BCUT2D eigenvalue weighted by Crippen LogP contribution is 2.24. The molecule has 0 spiro atoms. The molecule has 0 unspecified atom stereocenters. The summed E-state index contributed by atoms with van der Waals surface area (Å²) in [6.07, 6.45) is 0. The lowest BCUT2D eigenvalue weighted by Gasteiger charge is -2.07. The fraction of sp³-hybridized carbons (Fsp3) is 0.143. The number of hydrogen-bond donors (Lipinski definition) is 0. The van der Waals surface area contributed by atoms with E-state index >= 15 is 0 Å². The molecule has 0 aliphatic carbocycles. The lowest BCUT2D eigenvalue weighted by atomic mass is 10.2. The first kappa shape index (κ1) is 12.1.